The SMILES string of the molecule is CCCCCC=CC(=O)N[C@@H](CCO)C(=O)O. The number of carboxylic acid groups (broad SMARTS) is 1. The van der Waals surface area contributed by atoms with E-state index in [1.165, 1.54) is 6.08 Å². The fraction of sp³-hybridized carbons (Fsp3) is 0.667. The van der Waals surface area contributed by atoms with Crippen LogP contribution in [0.1, 0.15) is 39.0 Å². The Morgan fingerprint density at radius 1 is 1.35 bits per heavy atom. The molecule has 3 N–H and O–H groups in total. The largest absolute Gasteiger partial charge is 0.480 e. The van der Waals surface area contributed by atoms with Gasteiger partial charge in [-0.2, -0.15) is 0 Å². The van der Waals surface area contributed by atoms with Crippen molar-refractivity contribution in [2.24, 2.45) is 0 Å². The van der Waals surface area contributed by atoms with E-state index < -0.39 is 17.9 Å². The Morgan fingerprint density at radius 3 is 2.59 bits per heavy atom. The Bertz CT molecular complexity index is 263. The molecule has 0 aliphatic rings. The van der Waals surface area contributed by atoms with Gasteiger partial charge in [-0.05, 0) is 18.9 Å². The molecule has 0 aliphatic heterocycles. The number of carbonyl (C=O) groups is 2. The molecule has 0 spiro atoms. The monoisotopic (exact) mass is 243 g/mol. The van der Waals surface area contributed by atoms with Gasteiger partial charge in [-0.3, -0.25) is 4.79 Å². The molecule has 0 fully saturated rings. The number of allylic oxidation sites excluding steroid dienone is 1. The van der Waals surface area contributed by atoms with E-state index in [-0.39, 0.29) is 13.0 Å². The summed E-state index contributed by atoms with van der Waals surface area (Å²) in [6.07, 6.45) is 7.20. The fourth-order valence-electron chi connectivity index (χ4n) is 1.31. The zero-order valence-corrected chi connectivity index (χ0v) is 10.2. The minimum atomic E-state index is -1.13. The predicted octanol–water partition coefficient (Wildman–Crippen LogP) is 1.07. The first-order chi connectivity index (χ1) is 8.11. The van der Waals surface area contributed by atoms with Gasteiger partial charge in [0.1, 0.15) is 6.04 Å². The molecule has 0 aromatic heterocycles. The minimum absolute atomic E-state index is 0.0186. The first-order valence-electron chi connectivity index (χ1n) is 5.92. The van der Waals surface area contributed by atoms with Crippen molar-refractivity contribution in [2.45, 2.75) is 45.1 Å². The third-order valence-electron chi connectivity index (χ3n) is 2.28. The smallest absolute Gasteiger partial charge is 0.326 e. The van der Waals surface area contributed by atoms with Crippen LogP contribution < -0.4 is 5.32 Å². The summed E-state index contributed by atoms with van der Waals surface area (Å²) in [5.41, 5.74) is 0. The second-order valence-corrected chi connectivity index (χ2v) is 3.81. The molecule has 5 heteroatoms. The molecular weight excluding hydrogens is 222 g/mol. The van der Waals surface area contributed by atoms with Crippen LogP contribution in [-0.2, 0) is 9.59 Å². The van der Waals surface area contributed by atoms with Gasteiger partial charge in [0, 0.05) is 13.0 Å². The molecule has 0 bridgehead atoms. The van der Waals surface area contributed by atoms with Crippen LogP contribution in [0.2, 0.25) is 0 Å². The van der Waals surface area contributed by atoms with E-state index in [2.05, 4.69) is 12.2 Å². The molecule has 5 nitrogen and oxygen atoms in total. The highest BCUT2D eigenvalue weighted by Gasteiger charge is 2.17. The maximum absolute atomic E-state index is 11.3. The maximum atomic E-state index is 11.3. The molecule has 1 atom stereocenters. The van der Waals surface area contributed by atoms with E-state index in [4.69, 9.17) is 10.2 Å². The molecule has 0 radical (unpaired) electrons. The van der Waals surface area contributed by atoms with Gasteiger partial charge in [0.15, 0.2) is 0 Å². The molecule has 0 aromatic rings. The highest BCUT2D eigenvalue weighted by molar-refractivity contribution is 5.91. The van der Waals surface area contributed by atoms with Crippen LogP contribution in [0, 0.1) is 0 Å². The molecule has 0 saturated carbocycles. The first kappa shape index (κ1) is 15.6. The lowest BCUT2D eigenvalue weighted by molar-refractivity contribution is -0.141. The van der Waals surface area contributed by atoms with Crippen molar-refractivity contribution in [2.75, 3.05) is 6.61 Å². The number of aliphatic hydroxyl groups is 1. The number of unbranched alkanes of at least 4 members (excludes halogenated alkanes) is 3. The lowest BCUT2D eigenvalue weighted by atomic mass is 10.2. The lowest BCUT2D eigenvalue weighted by Crippen LogP contribution is -2.40. The second kappa shape index (κ2) is 9.84. The van der Waals surface area contributed by atoms with Crippen LogP contribution in [0.15, 0.2) is 12.2 Å². The Labute approximate surface area is 102 Å². The number of aliphatic carboxylic acids is 1. The number of nitrogens with one attached hydrogen (secondary N) is 1. The summed E-state index contributed by atoms with van der Waals surface area (Å²) in [5, 5.41) is 19.7. The van der Waals surface area contributed by atoms with Crippen molar-refractivity contribution in [1.82, 2.24) is 5.32 Å². The van der Waals surface area contributed by atoms with Gasteiger partial charge in [0.05, 0.1) is 0 Å². The Kier molecular flexibility index (Phi) is 9.05. The van der Waals surface area contributed by atoms with Crippen molar-refractivity contribution < 1.29 is 19.8 Å². The van der Waals surface area contributed by atoms with Crippen molar-refractivity contribution >= 4 is 11.9 Å². The molecule has 0 heterocycles. The molecule has 98 valence electrons. The number of carbonyl (C=O) groups excluding carboxylic acids is 1. The third kappa shape index (κ3) is 8.45. The summed E-state index contributed by atoms with van der Waals surface area (Å²) in [7, 11) is 0. The number of rotatable bonds is 9. The molecule has 0 saturated heterocycles. The molecule has 0 unspecified atom stereocenters. The van der Waals surface area contributed by atoms with Crippen molar-refractivity contribution in [3.63, 3.8) is 0 Å². The zero-order chi connectivity index (χ0) is 13.1. The van der Waals surface area contributed by atoms with Gasteiger partial charge in [-0.1, -0.05) is 25.8 Å². The first-order valence-corrected chi connectivity index (χ1v) is 5.92. The van der Waals surface area contributed by atoms with E-state index in [0.717, 1.165) is 25.7 Å². The molecule has 17 heavy (non-hydrogen) atoms. The summed E-state index contributed by atoms with van der Waals surface area (Å²) in [6, 6.07) is -1.02. The highest BCUT2D eigenvalue weighted by Crippen LogP contribution is 1.99. The summed E-state index contributed by atoms with van der Waals surface area (Å²) >= 11 is 0. The summed E-state index contributed by atoms with van der Waals surface area (Å²) in [5.74, 6) is -1.56. The lowest BCUT2D eigenvalue weighted by Gasteiger charge is -2.11. The topological polar surface area (TPSA) is 86.6 Å². The van der Waals surface area contributed by atoms with E-state index in [0.29, 0.717) is 0 Å². The molecular formula is C12H21NO4. The van der Waals surface area contributed by atoms with Crippen LogP contribution in [0.5, 0.6) is 0 Å². The Balaban J connectivity index is 3.93. The van der Waals surface area contributed by atoms with Gasteiger partial charge >= 0.3 is 5.97 Å². The van der Waals surface area contributed by atoms with E-state index in [1.54, 1.807) is 6.08 Å². The van der Waals surface area contributed by atoms with Crippen LogP contribution in [-0.4, -0.2) is 34.7 Å². The minimum Gasteiger partial charge on any atom is -0.480 e. The quantitative estimate of drug-likeness (QED) is 0.417. The van der Waals surface area contributed by atoms with Crippen LogP contribution in [0.4, 0.5) is 0 Å². The second-order valence-electron chi connectivity index (χ2n) is 3.81. The number of hydrogen-bond acceptors (Lipinski definition) is 3. The highest BCUT2D eigenvalue weighted by atomic mass is 16.4. The average molecular weight is 243 g/mol. The van der Waals surface area contributed by atoms with Gasteiger partial charge in [0.25, 0.3) is 0 Å². The van der Waals surface area contributed by atoms with Crippen molar-refractivity contribution in [3.05, 3.63) is 12.2 Å². The Hall–Kier alpha value is -1.36. The molecule has 0 aliphatic carbocycles. The van der Waals surface area contributed by atoms with E-state index in [9.17, 15) is 9.59 Å². The number of aliphatic hydroxyl groups excluding tert-OH is 1. The Morgan fingerprint density at radius 2 is 2.06 bits per heavy atom. The van der Waals surface area contributed by atoms with Gasteiger partial charge in [0.2, 0.25) is 5.91 Å². The van der Waals surface area contributed by atoms with E-state index in [1.807, 2.05) is 0 Å². The normalized spacial score (nSPS) is 12.6. The summed E-state index contributed by atoms with van der Waals surface area (Å²) in [6.45, 7) is 1.83. The van der Waals surface area contributed by atoms with Crippen molar-refractivity contribution in [3.8, 4) is 0 Å². The molecule has 0 aromatic carbocycles. The van der Waals surface area contributed by atoms with E-state index >= 15 is 0 Å². The number of carboxylic acids is 1. The van der Waals surface area contributed by atoms with Gasteiger partial charge in [-0.15, -0.1) is 0 Å². The standard InChI is InChI=1S/C12H21NO4/c1-2-3-4-5-6-7-11(15)13-10(8-9-14)12(16)17/h6-7,10,14H,2-5,8-9H2,1H3,(H,13,15)(H,16,17)/t10-/m0/s1. The third-order valence-corrected chi connectivity index (χ3v) is 2.28. The van der Waals surface area contributed by atoms with Crippen LogP contribution in [0.25, 0.3) is 0 Å². The summed E-state index contributed by atoms with van der Waals surface area (Å²) in [4.78, 5) is 22.0. The molecule has 0 rings (SSSR count). The maximum Gasteiger partial charge on any atom is 0.326 e. The number of amides is 1. The average Bonchev–Trinajstić information content (AvgIpc) is 2.28. The predicted molar refractivity (Wildman–Crippen MR) is 64.6 cm³/mol. The fourth-order valence-corrected chi connectivity index (χ4v) is 1.31. The zero-order valence-electron chi connectivity index (χ0n) is 10.2. The van der Waals surface area contributed by atoms with Crippen LogP contribution in [0.3, 0.4) is 0 Å². The van der Waals surface area contributed by atoms with Gasteiger partial charge < -0.3 is 15.5 Å². The van der Waals surface area contributed by atoms with Crippen molar-refractivity contribution in [1.29, 1.82) is 0 Å². The van der Waals surface area contributed by atoms with Crippen LogP contribution >= 0.6 is 0 Å². The summed E-state index contributed by atoms with van der Waals surface area (Å²) < 4.78 is 0. The van der Waals surface area contributed by atoms with Gasteiger partial charge in [-0.25, -0.2) is 4.79 Å². The molecule has 1 amide bonds. The number of hydrogen-bond donors (Lipinski definition) is 3.